The van der Waals surface area contributed by atoms with Crippen molar-refractivity contribution < 1.29 is 14.6 Å². The van der Waals surface area contributed by atoms with Gasteiger partial charge in [-0.05, 0) is 59.5 Å². The lowest BCUT2D eigenvalue weighted by molar-refractivity contribution is -0.121. The van der Waals surface area contributed by atoms with Crippen molar-refractivity contribution in [2.45, 2.75) is 12.5 Å². The molecule has 0 saturated carbocycles. The number of amides is 1. The second-order valence-electron chi connectivity index (χ2n) is 7.55. The maximum absolute atomic E-state index is 13.3. The maximum atomic E-state index is 13.3. The summed E-state index contributed by atoms with van der Waals surface area (Å²) in [5, 5.41) is 12.6. The van der Waals surface area contributed by atoms with Crippen LogP contribution in [0.2, 0.25) is 0 Å². The van der Waals surface area contributed by atoms with Gasteiger partial charge in [0.15, 0.2) is 0 Å². The molecular formula is C26H26N2O3. The summed E-state index contributed by atoms with van der Waals surface area (Å²) in [6, 6.07) is 24.1. The van der Waals surface area contributed by atoms with Crippen molar-refractivity contribution in [2.24, 2.45) is 0 Å². The predicted molar refractivity (Wildman–Crippen MR) is 123 cm³/mol. The Labute approximate surface area is 182 Å². The molecule has 3 aromatic rings. The smallest absolute Gasteiger partial charge is 0.246 e. The Morgan fingerprint density at radius 3 is 2.32 bits per heavy atom. The van der Waals surface area contributed by atoms with Crippen molar-refractivity contribution in [1.29, 1.82) is 0 Å². The number of rotatable bonds is 6. The first-order valence-corrected chi connectivity index (χ1v) is 10.4. The molecule has 158 valence electrons. The summed E-state index contributed by atoms with van der Waals surface area (Å²) < 4.78 is 5.20. The lowest BCUT2D eigenvalue weighted by Crippen LogP contribution is -2.39. The van der Waals surface area contributed by atoms with Crippen LogP contribution < -0.4 is 10.1 Å². The molecule has 0 radical (unpaired) electrons. The van der Waals surface area contributed by atoms with Gasteiger partial charge in [0, 0.05) is 18.8 Å². The SMILES string of the molecule is COc1ccc(NC(=O)C(c2ccccc2)N2CC=C(c3ccc(O)cc3)CC2)cc1. The molecule has 3 aromatic carbocycles. The molecule has 1 amide bonds. The highest BCUT2D eigenvalue weighted by atomic mass is 16.5. The number of phenolic OH excluding ortho intramolecular Hbond substituents is 1. The Bertz CT molecular complexity index is 1040. The van der Waals surface area contributed by atoms with Crippen LogP contribution in [0.25, 0.3) is 5.57 Å². The van der Waals surface area contributed by atoms with Gasteiger partial charge in [-0.1, -0.05) is 48.5 Å². The summed E-state index contributed by atoms with van der Waals surface area (Å²) in [4.78, 5) is 15.5. The highest BCUT2D eigenvalue weighted by molar-refractivity contribution is 5.95. The number of methoxy groups -OCH3 is 1. The summed E-state index contributed by atoms with van der Waals surface area (Å²) in [6.45, 7) is 1.44. The lowest BCUT2D eigenvalue weighted by Gasteiger charge is -2.33. The largest absolute Gasteiger partial charge is 0.508 e. The molecule has 1 aliphatic heterocycles. The minimum absolute atomic E-state index is 0.0575. The molecule has 1 aliphatic rings. The third-order valence-corrected chi connectivity index (χ3v) is 5.57. The van der Waals surface area contributed by atoms with Gasteiger partial charge in [-0.25, -0.2) is 0 Å². The molecule has 31 heavy (non-hydrogen) atoms. The number of hydrogen-bond donors (Lipinski definition) is 2. The van der Waals surface area contributed by atoms with E-state index in [9.17, 15) is 9.90 Å². The molecule has 0 saturated heterocycles. The molecule has 0 aliphatic carbocycles. The Kier molecular flexibility index (Phi) is 6.34. The molecular weight excluding hydrogens is 388 g/mol. The zero-order chi connectivity index (χ0) is 21.6. The summed E-state index contributed by atoms with van der Waals surface area (Å²) >= 11 is 0. The minimum Gasteiger partial charge on any atom is -0.508 e. The Morgan fingerprint density at radius 2 is 1.71 bits per heavy atom. The van der Waals surface area contributed by atoms with E-state index in [0.29, 0.717) is 6.54 Å². The first-order valence-electron chi connectivity index (χ1n) is 10.4. The maximum Gasteiger partial charge on any atom is 0.246 e. The first-order chi connectivity index (χ1) is 15.1. The quantitative estimate of drug-likeness (QED) is 0.604. The highest BCUT2D eigenvalue weighted by Crippen LogP contribution is 2.30. The number of nitrogens with one attached hydrogen (secondary N) is 1. The van der Waals surface area contributed by atoms with Crippen LogP contribution in [0.1, 0.15) is 23.6 Å². The normalized spacial score (nSPS) is 15.1. The van der Waals surface area contributed by atoms with Crippen LogP contribution in [-0.2, 0) is 4.79 Å². The fraction of sp³-hybridized carbons (Fsp3) is 0.192. The van der Waals surface area contributed by atoms with Crippen molar-refractivity contribution in [1.82, 2.24) is 4.90 Å². The van der Waals surface area contributed by atoms with Crippen molar-refractivity contribution in [3.05, 3.63) is 96.1 Å². The zero-order valence-electron chi connectivity index (χ0n) is 17.5. The van der Waals surface area contributed by atoms with E-state index >= 15 is 0 Å². The monoisotopic (exact) mass is 414 g/mol. The standard InChI is InChI=1S/C26H26N2O3/c1-31-24-13-9-22(10-14-24)27-26(30)25(21-5-3-2-4-6-21)28-17-15-20(16-18-28)19-7-11-23(29)12-8-19/h2-15,25,29H,16-18H2,1H3,(H,27,30). The zero-order valence-corrected chi connectivity index (χ0v) is 17.5. The van der Waals surface area contributed by atoms with Crippen molar-refractivity contribution >= 4 is 17.2 Å². The fourth-order valence-corrected chi connectivity index (χ4v) is 3.91. The first kappa shape index (κ1) is 20.7. The number of hydrogen-bond acceptors (Lipinski definition) is 4. The van der Waals surface area contributed by atoms with Gasteiger partial charge < -0.3 is 15.2 Å². The van der Waals surface area contributed by atoms with Gasteiger partial charge in [0.2, 0.25) is 5.91 Å². The van der Waals surface area contributed by atoms with E-state index in [4.69, 9.17) is 4.74 Å². The molecule has 0 spiro atoms. The van der Waals surface area contributed by atoms with Crippen LogP contribution in [0.15, 0.2) is 84.9 Å². The molecule has 4 rings (SSSR count). The van der Waals surface area contributed by atoms with Crippen LogP contribution in [0.3, 0.4) is 0 Å². The molecule has 0 bridgehead atoms. The molecule has 5 nitrogen and oxygen atoms in total. The number of carbonyl (C=O) groups is 1. The van der Waals surface area contributed by atoms with Gasteiger partial charge in [-0.15, -0.1) is 0 Å². The topological polar surface area (TPSA) is 61.8 Å². The van der Waals surface area contributed by atoms with E-state index in [1.165, 1.54) is 5.57 Å². The van der Waals surface area contributed by atoms with Crippen LogP contribution in [0, 0.1) is 0 Å². The number of nitrogens with zero attached hydrogens (tertiary/aromatic N) is 1. The number of ether oxygens (including phenoxy) is 1. The van der Waals surface area contributed by atoms with Gasteiger partial charge in [-0.2, -0.15) is 0 Å². The Balaban J connectivity index is 1.54. The second-order valence-corrected chi connectivity index (χ2v) is 7.55. The van der Waals surface area contributed by atoms with Crippen molar-refractivity contribution in [2.75, 3.05) is 25.5 Å². The molecule has 0 fully saturated rings. The predicted octanol–water partition coefficient (Wildman–Crippen LogP) is 4.87. The van der Waals surface area contributed by atoms with Gasteiger partial charge in [-0.3, -0.25) is 9.69 Å². The molecule has 1 unspecified atom stereocenters. The van der Waals surface area contributed by atoms with E-state index in [1.807, 2.05) is 66.7 Å². The van der Waals surface area contributed by atoms with Crippen LogP contribution in [-0.4, -0.2) is 36.1 Å². The van der Waals surface area contributed by atoms with Gasteiger partial charge in [0.25, 0.3) is 0 Å². The summed E-state index contributed by atoms with van der Waals surface area (Å²) in [7, 11) is 1.62. The van der Waals surface area contributed by atoms with Crippen LogP contribution >= 0.6 is 0 Å². The van der Waals surface area contributed by atoms with Crippen molar-refractivity contribution in [3.8, 4) is 11.5 Å². The second kappa shape index (κ2) is 9.49. The average molecular weight is 415 g/mol. The van der Waals surface area contributed by atoms with E-state index in [1.54, 1.807) is 19.2 Å². The van der Waals surface area contributed by atoms with Gasteiger partial charge >= 0.3 is 0 Å². The highest BCUT2D eigenvalue weighted by Gasteiger charge is 2.29. The fourth-order valence-electron chi connectivity index (χ4n) is 3.91. The number of phenols is 1. The number of benzene rings is 3. The van der Waals surface area contributed by atoms with E-state index < -0.39 is 0 Å². The molecule has 2 N–H and O–H groups in total. The van der Waals surface area contributed by atoms with E-state index in [2.05, 4.69) is 16.3 Å². The van der Waals surface area contributed by atoms with Crippen LogP contribution in [0.4, 0.5) is 5.69 Å². The molecule has 1 heterocycles. The third-order valence-electron chi connectivity index (χ3n) is 5.57. The summed E-state index contributed by atoms with van der Waals surface area (Å²) in [6.07, 6.45) is 3.01. The molecule has 0 aromatic heterocycles. The van der Waals surface area contributed by atoms with Crippen LogP contribution in [0.5, 0.6) is 11.5 Å². The van der Waals surface area contributed by atoms with Gasteiger partial charge in [0.1, 0.15) is 17.5 Å². The van der Waals surface area contributed by atoms with E-state index in [0.717, 1.165) is 35.5 Å². The average Bonchev–Trinajstić information content (AvgIpc) is 2.81. The lowest BCUT2D eigenvalue weighted by atomic mass is 9.96. The summed E-state index contributed by atoms with van der Waals surface area (Å²) in [5.74, 6) is 0.958. The number of carbonyl (C=O) groups excluding carboxylic acids is 1. The Morgan fingerprint density at radius 1 is 1.00 bits per heavy atom. The van der Waals surface area contributed by atoms with Crippen molar-refractivity contribution in [3.63, 3.8) is 0 Å². The van der Waals surface area contributed by atoms with E-state index in [-0.39, 0.29) is 17.7 Å². The molecule has 5 heteroatoms. The molecule has 1 atom stereocenters. The minimum atomic E-state index is -0.388. The number of anilines is 1. The third kappa shape index (κ3) is 4.95. The Hall–Kier alpha value is -3.57. The summed E-state index contributed by atoms with van der Waals surface area (Å²) in [5.41, 5.74) is 4.05. The van der Waals surface area contributed by atoms with Gasteiger partial charge in [0.05, 0.1) is 7.11 Å². The number of aromatic hydroxyl groups is 1.